The van der Waals surface area contributed by atoms with Gasteiger partial charge in [0.15, 0.2) is 0 Å². The van der Waals surface area contributed by atoms with Crippen LogP contribution in [0.15, 0.2) is 24.8 Å². The maximum Gasteiger partial charge on any atom is 2.00 e. The number of rotatable bonds is 3. The number of hydrogen-bond acceptors (Lipinski definition) is 1. The minimum absolute atomic E-state index is 0. The Morgan fingerprint density at radius 2 is 2.14 bits per heavy atom. The Hall–Kier alpha value is -0.134. The summed E-state index contributed by atoms with van der Waals surface area (Å²) in [5, 5.41) is 0. The van der Waals surface area contributed by atoms with Crippen LogP contribution in [-0.2, 0) is 0 Å². The molecule has 72 valence electrons. The quantitative estimate of drug-likeness (QED) is 0.388. The molecule has 0 fully saturated rings. The van der Waals surface area contributed by atoms with Crippen molar-refractivity contribution < 1.29 is 30.5 Å². The first kappa shape index (κ1) is 16.3. The Labute approximate surface area is 108 Å². The summed E-state index contributed by atoms with van der Waals surface area (Å²) in [5.41, 5.74) is 0. The van der Waals surface area contributed by atoms with E-state index in [2.05, 4.69) is 12.6 Å². The average Bonchev–Trinajstić information content (AvgIpc) is 2.03. The zero-order valence-corrected chi connectivity index (χ0v) is 10.4. The summed E-state index contributed by atoms with van der Waals surface area (Å²) in [6, 6.07) is 4.08. The minimum Gasteiger partial charge on any atom is -1.00 e. The topological polar surface area (TPSA) is 9.23 Å². The molecule has 0 spiro atoms. The molecule has 0 aliphatic heterocycles. The van der Waals surface area contributed by atoms with Crippen LogP contribution in [-0.4, -0.2) is 29.7 Å². The van der Waals surface area contributed by atoms with E-state index >= 15 is 0 Å². The molecule has 0 amide bonds. The van der Waals surface area contributed by atoms with Crippen molar-refractivity contribution in [3.63, 3.8) is 0 Å². The zero-order valence-electron chi connectivity index (χ0n) is 7.40. The molecule has 1 nitrogen and oxygen atoms in total. The number of halogens is 3. The molecule has 0 N–H and O–H groups in total. The molecule has 14 heavy (non-hydrogen) atoms. The summed E-state index contributed by atoms with van der Waals surface area (Å²) < 4.78 is 29.9. The fraction of sp³-hybridized carbons (Fsp3) is 0.111. The predicted octanol–water partition coefficient (Wildman–Crippen LogP) is -1.05. The summed E-state index contributed by atoms with van der Waals surface area (Å²) in [6.45, 7) is 3.57. The van der Waals surface area contributed by atoms with E-state index in [-0.39, 0.29) is 52.4 Å². The smallest absolute Gasteiger partial charge is 1.00 e. The second kappa shape index (κ2) is 8.20. The van der Waals surface area contributed by atoms with Crippen LogP contribution in [0.2, 0.25) is 0 Å². The van der Waals surface area contributed by atoms with Crippen LogP contribution in [0.25, 0.3) is 0 Å². The monoisotopic (exact) mass is 272 g/mol. The molecular formula is C9H7BrF2MgO. The fourth-order valence-electron chi connectivity index (χ4n) is 0.685. The molecular weight excluding hydrogens is 266 g/mol. The average molecular weight is 273 g/mol. The normalized spacial score (nSPS) is 8.14. The van der Waals surface area contributed by atoms with Crippen LogP contribution in [0.1, 0.15) is 0 Å². The third-order valence-electron chi connectivity index (χ3n) is 1.17. The summed E-state index contributed by atoms with van der Waals surface area (Å²) in [4.78, 5) is 0. The van der Waals surface area contributed by atoms with Gasteiger partial charge in [0.25, 0.3) is 0 Å². The fourth-order valence-corrected chi connectivity index (χ4v) is 0.685. The minimum atomic E-state index is -0.753. The van der Waals surface area contributed by atoms with Crippen molar-refractivity contribution in [3.8, 4) is 5.75 Å². The molecule has 0 atom stereocenters. The summed E-state index contributed by atoms with van der Waals surface area (Å²) in [6.07, 6.45) is 1.47. The predicted molar refractivity (Wildman–Crippen MR) is 46.6 cm³/mol. The van der Waals surface area contributed by atoms with Crippen LogP contribution >= 0.6 is 0 Å². The van der Waals surface area contributed by atoms with Gasteiger partial charge < -0.3 is 21.7 Å². The van der Waals surface area contributed by atoms with E-state index in [1.165, 1.54) is 6.08 Å². The molecule has 5 heteroatoms. The van der Waals surface area contributed by atoms with Gasteiger partial charge in [-0.3, -0.25) is 8.78 Å². The molecule has 0 heterocycles. The molecule has 1 rings (SSSR count). The Kier molecular flexibility index (Phi) is 9.55. The van der Waals surface area contributed by atoms with Crippen molar-refractivity contribution >= 4 is 23.1 Å². The van der Waals surface area contributed by atoms with E-state index in [1.807, 2.05) is 0 Å². The Balaban J connectivity index is 0. The first-order chi connectivity index (χ1) is 5.74. The van der Waals surface area contributed by atoms with Crippen molar-refractivity contribution in [3.05, 3.63) is 42.5 Å². The third kappa shape index (κ3) is 4.93. The molecule has 1 aromatic rings. The van der Waals surface area contributed by atoms with Crippen LogP contribution in [0.5, 0.6) is 5.75 Å². The van der Waals surface area contributed by atoms with Crippen molar-refractivity contribution in [2.75, 3.05) is 6.61 Å². The van der Waals surface area contributed by atoms with Gasteiger partial charge >= 0.3 is 23.1 Å². The standard InChI is InChI=1S/C9H7F2O.BrH.Mg/c1-2-5-12-9-4-3-7(10)6-8(9)11;;/h2-3,6H,1,5H2;1H;/q-1;;+2/p-1. The molecule has 0 unspecified atom stereocenters. The Morgan fingerprint density at radius 3 is 2.64 bits per heavy atom. The zero-order chi connectivity index (χ0) is 8.97. The maximum absolute atomic E-state index is 12.7. The van der Waals surface area contributed by atoms with Gasteiger partial charge in [0.1, 0.15) is 6.61 Å². The number of hydrogen-bond donors (Lipinski definition) is 0. The van der Waals surface area contributed by atoms with Gasteiger partial charge in [-0.05, 0) is 0 Å². The van der Waals surface area contributed by atoms with E-state index in [0.29, 0.717) is 0 Å². The number of benzene rings is 1. The third-order valence-corrected chi connectivity index (χ3v) is 1.17. The van der Waals surface area contributed by atoms with Crippen LogP contribution in [0.3, 0.4) is 0 Å². The van der Waals surface area contributed by atoms with Crippen molar-refractivity contribution in [1.29, 1.82) is 0 Å². The van der Waals surface area contributed by atoms with E-state index in [9.17, 15) is 8.78 Å². The van der Waals surface area contributed by atoms with Gasteiger partial charge in [0.05, 0.1) is 5.82 Å². The van der Waals surface area contributed by atoms with Crippen LogP contribution in [0.4, 0.5) is 8.78 Å². The number of ether oxygens (including phenoxy) is 1. The molecule has 0 radical (unpaired) electrons. The molecule has 0 saturated carbocycles. The van der Waals surface area contributed by atoms with Crippen molar-refractivity contribution in [1.82, 2.24) is 0 Å². The molecule has 0 aromatic heterocycles. The van der Waals surface area contributed by atoms with E-state index in [0.717, 1.165) is 12.1 Å². The second-order valence-electron chi connectivity index (χ2n) is 2.09. The summed E-state index contributed by atoms with van der Waals surface area (Å²) in [5.74, 6) is -1.51. The first-order valence-corrected chi connectivity index (χ1v) is 3.34. The Morgan fingerprint density at radius 1 is 1.50 bits per heavy atom. The van der Waals surface area contributed by atoms with Gasteiger partial charge in [0.2, 0.25) is 0 Å². The van der Waals surface area contributed by atoms with Crippen molar-refractivity contribution in [2.45, 2.75) is 0 Å². The van der Waals surface area contributed by atoms with E-state index < -0.39 is 11.6 Å². The van der Waals surface area contributed by atoms with Gasteiger partial charge in [0, 0.05) is 11.6 Å². The van der Waals surface area contributed by atoms with Gasteiger partial charge in [-0.1, -0.05) is 18.7 Å². The van der Waals surface area contributed by atoms with Crippen LogP contribution in [0, 0.1) is 17.7 Å². The maximum atomic E-state index is 12.7. The molecule has 1 aromatic carbocycles. The van der Waals surface area contributed by atoms with Crippen LogP contribution < -0.4 is 21.7 Å². The molecule has 0 bridgehead atoms. The van der Waals surface area contributed by atoms with Crippen molar-refractivity contribution in [2.24, 2.45) is 0 Å². The van der Waals surface area contributed by atoms with E-state index in [1.54, 1.807) is 0 Å². The van der Waals surface area contributed by atoms with Gasteiger partial charge in [-0.25, -0.2) is 0 Å². The molecule has 0 aliphatic rings. The van der Waals surface area contributed by atoms with E-state index in [4.69, 9.17) is 4.74 Å². The second-order valence-corrected chi connectivity index (χ2v) is 2.09. The SMILES string of the molecule is C=CCOc1[c-]cc(F)cc1F.[Br-].[Mg+2]. The summed E-state index contributed by atoms with van der Waals surface area (Å²) >= 11 is 0. The largest absolute Gasteiger partial charge is 2.00 e. The Bertz CT molecular complexity index is 294. The van der Waals surface area contributed by atoms with Gasteiger partial charge in [-0.2, -0.15) is 0 Å². The summed E-state index contributed by atoms with van der Waals surface area (Å²) in [7, 11) is 0. The van der Waals surface area contributed by atoms with Gasteiger partial charge in [-0.15, -0.1) is 12.1 Å². The molecule has 0 saturated heterocycles. The molecule has 0 aliphatic carbocycles. The first-order valence-electron chi connectivity index (χ1n) is 3.34.